The van der Waals surface area contributed by atoms with Crippen LogP contribution in [0.2, 0.25) is 0 Å². The highest BCUT2D eigenvalue weighted by atomic mass is 32.2. The van der Waals surface area contributed by atoms with Gasteiger partial charge in [-0.25, -0.2) is 5.14 Å². The van der Waals surface area contributed by atoms with Crippen molar-refractivity contribution in [3.8, 4) is 0 Å². The maximum Gasteiger partial charge on any atom is 0.333 e. The molecule has 8 heteroatoms. The molecule has 1 fully saturated rings. The van der Waals surface area contributed by atoms with E-state index in [1.54, 1.807) is 32.0 Å². The Bertz CT molecular complexity index is 587. The highest BCUT2D eigenvalue weighted by molar-refractivity contribution is 7.84. The van der Waals surface area contributed by atoms with Gasteiger partial charge in [0.15, 0.2) is 5.79 Å². The Kier molecular flexibility index (Phi) is 4.03. The van der Waals surface area contributed by atoms with Crippen molar-refractivity contribution in [1.29, 1.82) is 0 Å². The lowest BCUT2D eigenvalue weighted by molar-refractivity contribution is -0.148. The summed E-state index contributed by atoms with van der Waals surface area (Å²) in [6.07, 6.45) is -1.14. The number of rotatable bonds is 4. The molecular formula is C12H18N2O5S. The van der Waals surface area contributed by atoms with Crippen LogP contribution in [0.1, 0.15) is 25.5 Å². The SMILES string of the molecule is CC1(C)O[C@@H](COS(N)(=O)=O)[C@H](c2ccccc2N)O1. The van der Waals surface area contributed by atoms with Crippen molar-refractivity contribution in [2.24, 2.45) is 5.14 Å². The number of nitrogens with two attached hydrogens (primary N) is 2. The molecule has 2 atom stereocenters. The second kappa shape index (κ2) is 5.30. The summed E-state index contributed by atoms with van der Waals surface area (Å²) < 4.78 is 37.8. The molecule has 1 aromatic carbocycles. The van der Waals surface area contributed by atoms with Crippen molar-refractivity contribution >= 4 is 16.0 Å². The lowest BCUT2D eigenvalue weighted by Gasteiger charge is -2.18. The van der Waals surface area contributed by atoms with E-state index in [1.165, 1.54) is 0 Å². The molecule has 7 nitrogen and oxygen atoms in total. The van der Waals surface area contributed by atoms with Crippen molar-refractivity contribution in [3.63, 3.8) is 0 Å². The first-order valence-corrected chi connectivity index (χ1v) is 7.52. The van der Waals surface area contributed by atoms with E-state index >= 15 is 0 Å². The standard InChI is InChI=1S/C12H18N2O5S/c1-12(2)18-10(7-17-20(14,15)16)11(19-12)8-5-3-4-6-9(8)13/h3-6,10-11H,7,13H2,1-2H3,(H2,14,15,16)/t10-,11-/m0/s1. The maximum absolute atomic E-state index is 10.9. The molecule has 0 aliphatic carbocycles. The summed E-state index contributed by atoms with van der Waals surface area (Å²) in [6, 6.07) is 7.16. The predicted molar refractivity (Wildman–Crippen MR) is 72.7 cm³/mol. The minimum atomic E-state index is -4.03. The van der Waals surface area contributed by atoms with Crippen LogP contribution in [-0.2, 0) is 24.0 Å². The normalized spacial score (nSPS) is 25.8. The van der Waals surface area contributed by atoms with Crippen molar-refractivity contribution < 1.29 is 22.1 Å². The van der Waals surface area contributed by atoms with Gasteiger partial charge in [0, 0.05) is 11.3 Å². The molecule has 0 unspecified atom stereocenters. The summed E-state index contributed by atoms with van der Waals surface area (Å²) in [5.41, 5.74) is 7.18. The highest BCUT2D eigenvalue weighted by Gasteiger charge is 2.43. The third-order valence-corrected chi connectivity index (χ3v) is 3.35. The Hall–Kier alpha value is -1.19. The summed E-state index contributed by atoms with van der Waals surface area (Å²) in [7, 11) is -4.03. The van der Waals surface area contributed by atoms with Gasteiger partial charge in [0.25, 0.3) is 0 Å². The Labute approximate surface area is 118 Å². The van der Waals surface area contributed by atoms with Crippen LogP contribution in [0.15, 0.2) is 24.3 Å². The molecule has 1 aromatic rings. The van der Waals surface area contributed by atoms with E-state index in [2.05, 4.69) is 4.18 Å². The number of hydrogen-bond donors (Lipinski definition) is 2. The Balaban J connectivity index is 2.23. The zero-order valence-corrected chi connectivity index (χ0v) is 12.1. The van der Waals surface area contributed by atoms with Crippen LogP contribution < -0.4 is 10.9 Å². The molecule has 0 spiro atoms. The molecule has 4 N–H and O–H groups in total. The fraction of sp³-hybridized carbons (Fsp3) is 0.500. The number of para-hydroxylation sites is 1. The van der Waals surface area contributed by atoms with E-state index in [1.807, 2.05) is 6.07 Å². The average molecular weight is 302 g/mol. The van der Waals surface area contributed by atoms with Gasteiger partial charge in [-0.1, -0.05) is 18.2 Å². The Morgan fingerprint density at radius 3 is 2.55 bits per heavy atom. The van der Waals surface area contributed by atoms with Gasteiger partial charge in [0.1, 0.15) is 12.2 Å². The monoisotopic (exact) mass is 302 g/mol. The molecule has 1 aliphatic rings. The second-order valence-corrected chi connectivity index (χ2v) is 6.22. The van der Waals surface area contributed by atoms with E-state index in [-0.39, 0.29) is 6.61 Å². The molecule has 0 aromatic heterocycles. The molecule has 1 heterocycles. The number of hydrogen-bond acceptors (Lipinski definition) is 6. The lowest BCUT2D eigenvalue weighted by atomic mass is 10.0. The number of ether oxygens (including phenoxy) is 2. The topological polar surface area (TPSA) is 114 Å². The molecule has 0 amide bonds. The third kappa shape index (κ3) is 3.68. The highest BCUT2D eigenvalue weighted by Crippen LogP contribution is 2.40. The van der Waals surface area contributed by atoms with Crippen LogP contribution in [0.5, 0.6) is 0 Å². The summed E-state index contributed by atoms with van der Waals surface area (Å²) in [5.74, 6) is -0.862. The van der Waals surface area contributed by atoms with Crippen molar-refractivity contribution in [3.05, 3.63) is 29.8 Å². The molecule has 0 radical (unpaired) electrons. The van der Waals surface area contributed by atoms with Crippen molar-refractivity contribution in [1.82, 2.24) is 0 Å². The van der Waals surface area contributed by atoms with Gasteiger partial charge in [0.2, 0.25) is 0 Å². The van der Waals surface area contributed by atoms with E-state index < -0.39 is 28.3 Å². The van der Waals surface area contributed by atoms with E-state index in [0.29, 0.717) is 5.69 Å². The molecule has 0 bridgehead atoms. The number of nitrogen functional groups attached to an aromatic ring is 1. The molecule has 0 saturated carbocycles. The molecule has 2 rings (SSSR count). The van der Waals surface area contributed by atoms with Crippen molar-refractivity contribution in [2.45, 2.75) is 31.8 Å². The zero-order chi connectivity index (χ0) is 15.0. The minimum absolute atomic E-state index is 0.235. The first-order valence-electron chi connectivity index (χ1n) is 6.05. The van der Waals surface area contributed by atoms with Gasteiger partial charge in [-0.15, -0.1) is 0 Å². The smallest absolute Gasteiger partial charge is 0.333 e. The van der Waals surface area contributed by atoms with E-state index in [0.717, 1.165) is 5.56 Å². The van der Waals surface area contributed by atoms with Crippen LogP contribution in [0.25, 0.3) is 0 Å². The minimum Gasteiger partial charge on any atom is -0.398 e. The molecule has 1 saturated heterocycles. The fourth-order valence-corrected chi connectivity index (χ4v) is 2.48. The number of anilines is 1. The molecule has 20 heavy (non-hydrogen) atoms. The molecular weight excluding hydrogens is 284 g/mol. The lowest BCUT2D eigenvalue weighted by Crippen LogP contribution is -2.28. The second-order valence-electron chi connectivity index (χ2n) is 5.00. The van der Waals surface area contributed by atoms with Gasteiger partial charge in [-0.05, 0) is 19.9 Å². The van der Waals surface area contributed by atoms with Crippen LogP contribution in [0.3, 0.4) is 0 Å². The van der Waals surface area contributed by atoms with Crippen molar-refractivity contribution in [2.75, 3.05) is 12.3 Å². The molecule has 112 valence electrons. The van der Waals surface area contributed by atoms with Gasteiger partial charge >= 0.3 is 10.3 Å². The largest absolute Gasteiger partial charge is 0.398 e. The predicted octanol–water partition coefficient (Wildman–Crippen LogP) is 0.681. The average Bonchev–Trinajstić information content (AvgIpc) is 2.62. The third-order valence-electron chi connectivity index (χ3n) is 2.88. The maximum atomic E-state index is 10.9. The first-order chi connectivity index (χ1) is 9.18. The summed E-state index contributed by atoms with van der Waals surface area (Å²) in [6.45, 7) is 3.23. The summed E-state index contributed by atoms with van der Waals surface area (Å²) in [5, 5.41) is 4.82. The summed E-state index contributed by atoms with van der Waals surface area (Å²) in [4.78, 5) is 0. The van der Waals surface area contributed by atoms with Gasteiger partial charge in [-0.3, -0.25) is 4.18 Å². The zero-order valence-electron chi connectivity index (χ0n) is 11.3. The Morgan fingerprint density at radius 2 is 1.95 bits per heavy atom. The Morgan fingerprint density at radius 1 is 1.30 bits per heavy atom. The van der Waals surface area contributed by atoms with E-state index in [4.69, 9.17) is 20.3 Å². The molecule has 1 aliphatic heterocycles. The van der Waals surface area contributed by atoms with Gasteiger partial charge < -0.3 is 15.2 Å². The first kappa shape index (κ1) is 15.2. The van der Waals surface area contributed by atoms with Crippen LogP contribution in [0, 0.1) is 0 Å². The van der Waals surface area contributed by atoms with E-state index in [9.17, 15) is 8.42 Å². The number of benzene rings is 1. The van der Waals surface area contributed by atoms with Crippen LogP contribution >= 0.6 is 0 Å². The van der Waals surface area contributed by atoms with Crippen LogP contribution in [0.4, 0.5) is 5.69 Å². The van der Waals surface area contributed by atoms with Gasteiger partial charge in [-0.2, -0.15) is 8.42 Å². The van der Waals surface area contributed by atoms with Crippen LogP contribution in [-0.4, -0.2) is 26.9 Å². The quantitative estimate of drug-likeness (QED) is 0.791. The fourth-order valence-electron chi connectivity index (χ4n) is 2.15. The summed E-state index contributed by atoms with van der Waals surface area (Å²) >= 11 is 0. The van der Waals surface area contributed by atoms with Gasteiger partial charge in [0.05, 0.1) is 6.61 Å².